The zero-order valence-corrected chi connectivity index (χ0v) is 22.0. The van der Waals surface area contributed by atoms with E-state index in [9.17, 15) is 83.2 Å². The van der Waals surface area contributed by atoms with Crippen molar-refractivity contribution in [3.05, 3.63) is 0 Å². The topological polar surface area (TPSA) is 57.2 Å². The van der Waals surface area contributed by atoms with E-state index in [2.05, 4.69) is 27.7 Å². The largest absolute Gasteiger partial charge is 0.743 e. The number of halogens is 16. The fraction of sp³-hybridized carbons (Fsp3) is 1.00. The Bertz CT molecular complexity index is 884. The molecule has 0 radical (unpaired) electrons. The first-order valence-electron chi connectivity index (χ1n) is 11.2. The Balaban J connectivity index is 0. The third kappa shape index (κ3) is 7.77. The van der Waals surface area contributed by atoms with E-state index in [-0.39, 0.29) is 0 Å². The summed E-state index contributed by atoms with van der Waals surface area (Å²) >= 11 is 0. The summed E-state index contributed by atoms with van der Waals surface area (Å²) in [5.41, 5.74) is 0. The van der Waals surface area contributed by atoms with Crippen LogP contribution in [0.15, 0.2) is 0 Å². The molecule has 0 aliphatic heterocycles. The smallest absolute Gasteiger partial charge is 0.402 e. The van der Waals surface area contributed by atoms with Crippen LogP contribution >= 0.6 is 0 Å². The summed E-state index contributed by atoms with van der Waals surface area (Å²) < 4.78 is 238. The second kappa shape index (κ2) is 12.9. The average Bonchev–Trinajstić information content (AvgIpc) is 2.79. The van der Waals surface area contributed by atoms with Crippen LogP contribution in [-0.2, 0) is 10.1 Å². The van der Waals surface area contributed by atoms with Crippen molar-refractivity contribution in [2.45, 2.75) is 94.2 Å². The van der Waals surface area contributed by atoms with Crippen molar-refractivity contribution >= 4 is 10.1 Å². The van der Waals surface area contributed by atoms with Gasteiger partial charge in [0.1, 0.15) is 0 Å². The molecule has 0 bridgehead atoms. The predicted molar refractivity (Wildman–Crippen MR) is 107 cm³/mol. The molecule has 0 heterocycles. The Morgan fingerprint density at radius 3 is 1.20 bits per heavy atom. The van der Waals surface area contributed by atoms with Crippen LogP contribution in [0.5, 0.6) is 0 Å². The molecule has 0 N–H and O–H groups in total. The molecule has 0 rings (SSSR count). The maximum absolute atomic E-state index is 13.4. The first-order valence-corrected chi connectivity index (χ1v) is 12.6. The first kappa shape index (κ1) is 40.9. The van der Waals surface area contributed by atoms with Crippen molar-refractivity contribution in [2.75, 3.05) is 26.2 Å². The quantitative estimate of drug-likeness (QED) is 0.113. The average molecular weight is 653 g/mol. The second-order valence-electron chi connectivity index (χ2n) is 8.47. The molecule has 0 saturated heterocycles. The Labute approximate surface area is 219 Å². The van der Waals surface area contributed by atoms with Gasteiger partial charge in [0.05, 0.1) is 26.2 Å². The molecule has 1 unspecified atom stereocenters. The normalized spacial score (nSPS) is 15.9. The molecule has 0 fully saturated rings. The van der Waals surface area contributed by atoms with Gasteiger partial charge in [0.2, 0.25) is 0 Å². The van der Waals surface area contributed by atoms with Gasteiger partial charge < -0.3 is 9.04 Å². The summed E-state index contributed by atoms with van der Waals surface area (Å²) in [7, 11) is -7.99. The van der Waals surface area contributed by atoms with Crippen LogP contribution in [0.25, 0.3) is 0 Å². The van der Waals surface area contributed by atoms with Crippen LogP contribution in [0, 0.1) is 0 Å². The zero-order valence-electron chi connectivity index (χ0n) is 21.2. The molecule has 244 valence electrons. The van der Waals surface area contributed by atoms with Gasteiger partial charge in [-0.3, -0.25) is 0 Å². The van der Waals surface area contributed by atoms with E-state index >= 15 is 0 Å². The molecule has 0 amide bonds. The molecule has 1 atom stereocenters. The van der Waals surface area contributed by atoms with Crippen LogP contribution < -0.4 is 0 Å². The van der Waals surface area contributed by atoms with Crippen molar-refractivity contribution in [3.63, 3.8) is 0 Å². The van der Waals surface area contributed by atoms with Crippen LogP contribution in [0.1, 0.15) is 47.0 Å². The van der Waals surface area contributed by atoms with Gasteiger partial charge in [-0.05, 0) is 40.5 Å². The third-order valence-corrected chi connectivity index (χ3v) is 7.16. The minimum Gasteiger partial charge on any atom is -0.743 e. The lowest BCUT2D eigenvalue weighted by atomic mass is 9.91. The highest BCUT2D eigenvalue weighted by Gasteiger charge is 2.91. The van der Waals surface area contributed by atoms with Crippen molar-refractivity contribution < 1.29 is 87.7 Å². The number of quaternary nitrogens is 1. The molecule has 0 spiro atoms. The molecule has 0 aliphatic carbocycles. The van der Waals surface area contributed by atoms with Crippen molar-refractivity contribution in [3.8, 4) is 0 Å². The van der Waals surface area contributed by atoms with E-state index in [1.165, 1.54) is 30.7 Å². The number of hydrogen-bond donors (Lipinski definition) is 0. The van der Waals surface area contributed by atoms with E-state index in [0.717, 1.165) is 0 Å². The standard InChI is InChI=1S/C11H8F16O3S.C8H20N/c12-4(2-1-3-5(13,14)15)6(16,17)7(18,19)8(20,21)9(22,23)10(24,25)11(26,27)31(28,29)30;1-5-9(6-2,7-3)8-4/h4H,1-3H2,(H,28,29,30);5-8H2,1-4H3/q;+1/p-1. The van der Waals surface area contributed by atoms with Gasteiger partial charge in [0.15, 0.2) is 16.3 Å². The number of alkyl halides is 16. The summed E-state index contributed by atoms with van der Waals surface area (Å²) in [5.74, 6) is -40.2. The molecule has 0 aromatic carbocycles. The van der Waals surface area contributed by atoms with Gasteiger partial charge in [0, 0.05) is 6.42 Å². The van der Waals surface area contributed by atoms with E-state index < -0.39 is 76.6 Å². The molecule has 40 heavy (non-hydrogen) atoms. The number of nitrogens with zero attached hydrogens (tertiary/aromatic N) is 1. The fourth-order valence-corrected chi connectivity index (χ4v) is 3.59. The Kier molecular flexibility index (Phi) is 13.2. The number of rotatable bonds is 14. The molecular formula is C19H27F16NO3S. The van der Waals surface area contributed by atoms with Gasteiger partial charge >= 0.3 is 41.0 Å². The molecule has 0 aromatic heterocycles. The van der Waals surface area contributed by atoms with Crippen molar-refractivity contribution in [2.24, 2.45) is 0 Å². The Hall–Kier alpha value is -1.25. The van der Waals surface area contributed by atoms with E-state index in [0.29, 0.717) is 0 Å². The highest BCUT2D eigenvalue weighted by molar-refractivity contribution is 7.86. The molecular weight excluding hydrogens is 626 g/mol. The molecule has 0 aromatic rings. The summed E-state index contributed by atoms with van der Waals surface area (Å²) in [4.78, 5) is 0. The maximum atomic E-state index is 13.4. The Morgan fingerprint density at radius 1 is 0.625 bits per heavy atom. The molecule has 4 nitrogen and oxygen atoms in total. The van der Waals surface area contributed by atoms with Crippen molar-refractivity contribution in [1.82, 2.24) is 0 Å². The summed E-state index contributed by atoms with van der Waals surface area (Å²) in [6.45, 7) is 14.2. The van der Waals surface area contributed by atoms with Crippen LogP contribution in [0.3, 0.4) is 0 Å². The minimum atomic E-state index is -8.43. The summed E-state index contributed by atoms with van der Waals surface area (Å²) in [6.07, 6.45) is -16.3. The zero-order chi connectivity index (χ0) is 33.0. The van der Waals surface area contributed by atoms with Gasteiger partial charge in [-0.25, -0.2) is 12.8 Å². The van der Waals surface area contributed by atoms with Gasteiger partial charge in [0.25, 0.3) is 0 Å². The lowest BCUT2D eigenvalue weighted by Crippen LogP contribution is -2.72. The Morgan fingerprint density at radius 2 is 0.950 bits per heavy atom. The summed E-state index contributed by atoms with van der Waals surface area (Å²) in [6, 6.07) is 0. The number of hydrogen-bond acceptors (Lipinski definition) is 3. The third-order valence-electron chi connectivity index (χ3n) is 6.28. The molecule has 21 heteroatoms. The predicted octanol–water partition coefficient (Wildman–Crippen LogP) is 7.25. The van der Waals surface area contributed by atoms with Crippen molar-refractivity contribution in [1.29, 1.82) is 0 Å². The van der Waals surface area contributed by atoms with Crippen LogP contribution in [-0.4, -0.2) is 90.8 Å². The van der Waals surface area contributed by atoms with Gasteiger partial charge in [-0.15, -0.1) is 0 Å². The second-order valence-corrected chi connectivity index (χ2v) is 9.89. The van der Waals surface area contributed by atoms with E-state index in [1.54, 1.807) is 0 Å². The maximum Gasteiger partial charge on any atom is 0.402 e. The minimum absolute atomic E-state index is 1.28. The van der Waals surface area contributed by atoms with E-state index in [4.69, 9.17) is 0 Å². The fourth-order valence-electron chi connectivity index (χ4n) is 3.14. The monoisotopic (exact) mass is 653 g/mol. The molecule has 0 aliphatic rings. The van der Waals surface area contributed by atoms with Gasteiger partial charge in [-0.1, -0.05) is 0 Å². The highest BCUT2D eigenvalue weighted by atomic mass is 32.2. The van der Waals surface area contributed by atoms with Crippen LogP contribution in [0.4, 0.5) is 70.2 Å². The summed E-state index contributed by atoms with van der Waals surface area (Å²) in [5, 5.41) is -7.75. The highest BCUT2D eigenvalue weighted by Crippen LogP contribution is 2.61. The van der Waals surface area contributed by atoms with Crippen LogP contribution in [0.2, 0.25) is 0 Å². The SMILES string of the molecule is CC[N+](CC)(CC)CC.O=S(=O)([O-])C(F)(F)C(F)(F)C(F)(F)C(F)(F)C(F)(F)C(F)(F)C(F)CCCC(F)(F)F. The lowest BCUT2D eigenvalue weighted by molar-refractivity contribution is -0.921. The molecule has 0 saturated carbocycles. The first-order chi connectivity index (χ1) is 17.4. The van der Waals surface area contributed by atoms with E-state index in [1.807, 2.05) is 0 Å². The lowest BCUT2D eigenvalue weighted by Gasteiger charge is -2.42. The van der Waals surface area contributed by atoms with Gasteiger partial charge in [-0.2, -0.15) is 65.9 Å².